The summed E-state index contributed by atoms with van der Waals surface area (Å²) >= 11 is 0. The Morgan fingerprint density at radius 1 is 0.939 bits per heavy atom. The molecule has 33 heavy (non-hydrogen) atoms. The molecule has 2 aromatic rings. The van der Waals surface area contributed by atoms with Gasteiger partial charge in [0, 0.05) is 43.9 Å². The van der Waals surface area contributed by atoms with Crippen molar-refractivity contribution in [2.45, 2.75) is 57.4 Å². The first-order chi connectivity index (χ1) is 16.1. The van der Waals surface area contributed by atoms with E-state index in [0.717, 1.165) is 37.7 Å². The first kappa shape index (κ1) is 22.9. The molecule has 0 spiro atoms. The smallest absolute Gasteiger partial charge is 0.273 e. The average Bonchev–Trinajstić information content (AvgIpc) is 3.39. The van der Waals surface area contributed by atoms with Gasteiger partial charge in [-0.2, -0.15) is 0 Å². The third-order valence-electron chi connectivity index (χ3n) is 6.53. The highest BCUT2D eigenvalue weighted by molar-refractivity contribution is 6.01. The number of nitrogens with one attached hydrogen (secondary N) is 2. The number of carbonyl (C=O) groups excluding carboxylic acids is 3. The molecule has 2 N–H and O–H groups in total. The van der Waals surface area contributed by atoms with E-state index in [1.54, 1.807) is 0 Å². The number of hydrogen-bond donors (Lipinski definition) is 2. The molecule has 0 bridgehead atoms. The van der Waals surface area contributed by atoms with Gasteiger partial charge >= 0.3 is 0 Å². The van der Waals surface area contributed by atoms with Gasteiger partial charge in [0.1, 0.15) is 0 Å². The van der Waals surface area contributed by atoms with Crippen molar-refractivity contribution < 1.29 is 14.4 Å². The van der Waals surface area contributed by atoms with Crippen molar-refractivity contribution in [1.29, 1.82) is 0 Å². The summed E-state index contributed by atoms with van der Waals surface area (Å²) in [6, 6.07) is 9.96. The number of piperidine rings is 1. The molecule has 174 valence electrons. The van der Waals surface area contributed by atoms with Crippen LogP contribution in [0.15, 0.2) is 42.7 Å². The van der Waals surface area contributed by atoms with E-state index in [1.165, 1.54) is 12.4 Å². The molecule has 8 heteroatoms. The molecule has 1 aromatic carbocycles. The van der Waals surface area contributed by atoms with Gasteiger partial charge in [-0.15, -0.1) is 0 Å². The summed E-state index contributed by atoms with van der Waals surface area (Å²) < 4.78 is 0. The summed E-state index contributed by atoms with van der Waals surface area (Å²) in [6.45, 7) is 1.23. The van der Waals surface area contributed by atoms with Crippen LogP contribution >= 0.6 is 0 Å². The fourth-order valence-corrected chi connectivity index (χ4v) is 4.58. The molecular formula is C25H31N5O3. The topological polar surface area (TPSA) is 104 Å². The number of benzene rings is 1. The molecule has 1 saturated carbocycles. The molecule has 2 aliphatic rings. The summed E-state index contributed by atoms with van der Waals surface area (Å²) in [5.41, 5.74) is 1.29. The van der Waals surface area contributed by atoms with E-state index < -0.39 is 0 Å². The third kappa shape index (κ3) is 6.15. The molecule has 3 amide bonds. The monoisotopic (exact) mass is 449 g/mol. The Balaban J connectivity index is 1.26. The Hall–Kier alpha value is -3.29. The predicted octanol–water partition coefficient (Wildman–Crippen LogP) is 2.96. The average molecular weight is 450 g/mol. The fraction of sp³-hybridized carbons (Fsp3) is 0.480. The molecule has 0 atom stereocenters. The maximum atomic E-state index is 12.9. The molecule has 8 nitrogen and oxygen atoms in total. The number of carbonyl (C=O) groups is 3. The largest absolute Gasteiger partial charge is 0.348 e. The first-order valence-electron chi connectivity index (χ1n) is 11.8. The quantitative estimate of drug-likeness (QED) is 0.676. The Morgan fingerprint density at radius 2 is 1.64 bits per heavy atom. The van der Waals surface area contributed by atoms with E-state index in [-0.39, 0.29) is 41.2 Å². The molecule has 1 aromatic heterocycles. The van der Waals surface area contributed by atoms with Crippen molar-refractivity contribution >= 4 is 23.5 Å². The normalized spacial score (nSPS) is 17.0. The van der Waals surface area contributed by atoms with E-state index in [1.807, 2.05) is 35.2 Å². The molecule has 1 aliphatic heterocycles. The fourth-order valence-electron chi connectivity index (χ4n) is 4.58. The van der Waals surface area contributed by atoms with Gasteiger partial charge in [0.05, 0.1) is 0 Å². The minimum atomic E-state index is -0.348. The lowest BCUT2D eigenvalue weighted by molar-refractivity contribution is -0.132. The highest BCUT2D eigenvalue weighted by atomic mass is 16.2. The van der Waals surface area contributed by atoms with Crippen LogP contribution in [0.4, 0.5) is 5.82 Å². The third-order valence-corrected chi connectivity index (χ3v) is 6.53. The zero-order chi connectivity index (χ0) is 23.0. The van der Waals surface area contributed by atoms with Crippen molar-refractivity contribution in [2.75, 3.05) is 18.4 Å². The number of aryl methyl sites for hydroxylation is 1. The molecular weight excluding hydrogens is 418 g/mol. The van der Waals surface area contributed by atoms with Crippen LogP contribution < -0.4 is 10.6 Å². The van der Waals surface area contributed by atoms with Crippen LogP contribution in [-0.4, -0.2) is 51.7 Å². The van der Waals surface area contributed by atoms with Crippen molar-refractivity contribution in [3.05, 3.63) is 54.0 Å². The summed E-state index contributed by atoms with van der Waals surface area (Å²) in [5.74, 6) is -0.107. The number of likely N-dealkylation sites (tertiary alicyclic amines) is 1. The molecule has 1 saturated heterocycles. The van der Waals surface area contributed by atoms with Gasteiger partial charge in [-0.05, 0) is 37.7 Å². The lowest BCUT2D eigenvalue weighted by Gasteiger charge is -2.32. The zero-order valence-corrected chi connectivity index (χ0v) is 18.8. The Bertz CT molecular complexity index is 967. The van der Waals surface area contributed by atoms with E-state index in [0.29, 0.717) is 32.4 Å². The lowest BCUT2D eigenvalue weighted by atomic mass is 10.0. The lowest BCUT2D eigenvalue weighted by Crippen LogP contribution is -2.46. The van der Waals surface area contributed by atoms with E-state index >= 15 is 0 Å². The van der Waals surface area contributed by atoms with Crippen LogP contribution in [0.2, 0.25) is 0 Å². The number of aromatic nitrogens is 2. The summed E-state index contributed by atoms with van der Waals surface area (Å²) in [5, 5.41) is 5.80. The first-order valence-corrected chi connectivity index (χ1v) is 11.8. The van der Waals surface area contributed by atoms with Gasteiger partial charge in [0.15, 0.2) is 11.5 Å². The van der Waals surface area contributed by atoms with Gasteiger partial charge in [0.2, 0.25) is 11.8 Å². The summed E-state index contributed by atoms with van der Waals surface area (Å²) in [4.78, 5) is 48.1. The molecule has 0 radical (unpaired) electrons. The second kappa shape index (κ2) is 11.0. The highest BCUT2D eigenvalue weighted by Crippen LogP contribution is 2.26. The van der Waals surface area contributed by atoms with Crippen molar-refractivity contribution in [3.8, 4) is 0 Å². The van der Waals surface area contributed by atoms with Crippen molar-refractivity contribution in [1.82, 2.24) is 20.2 Å². The van der Waals surface area contributed by atoms with E-state index in [2.05, 4.69) is 20.6 Å². The molecule has 1 aliphatic carbocycles. The van der Waals surface area contributed by atoms with Crippen LogP contribution in [0, 0.1) is 5.92 Å². The predicted molar refractivity (Wildman–Crippen MR) is 124 cm³/mol. The van der Waals surface area contributed by atoms with Crippen LogP contribution in [0.5, 0.6) is 0 Å². The Morgan fingerprint density at radius 3 is 2.36 bits per heavy atom. The highest BCUT2D eigenvalue weighted by Gasteiger charge is 2.27. The van der Waals surface area contributed by atoms with Gasteiger partial charge < -0.3 is 15.5 Å². The molecule has 4 rings (SSSR count). The number of amides is 3. The SMILES string of the molecule is O=C(NC1CCN(C(=O)CCc2ccccc2)CC1)c1nccnc1NC(=O)C1CCCC1. The second-order valence-electron chi connectivity index (χ2n) is 8.84. The summed E-state index contributed by atoms with van der Waals surface area (Å²) in [6.07, 6.45) is 9.38. The molecule has 2 fully saturated rings. The number of nitrogens with zero attached hydrogens (tertiary/aromatic N) is 3. The van der Waals surface area contributed by atoms with Gasteiger partial charge in [-0.3, -0.25) is 14.4 Å². The minimum Gasteiger partial charge on any atom is -0.348 e. The molecule has 0 unspecified atom stereocenters. The molecule has 2 heterocycles. The van der Waals surface area contributed by atoms with E-state index in [9.17, 15) is 14.4 Å². The summed E-state index contributed by atoms with van der Waals surface area (Å²) in [7, 11) is 0. The standard InChI is InChI=1S/C25H31N5O3/c31-21(11-10-18-6-2-1-3-7-18)30-16-12-20(13-17-30)28-25(33)22-23(27-15-14-26-22)29-24(32)19-8-4-5-9-19/h1-3,6-7,14-15,19-20H,4-5,8-13,16-17H2,(H,28,33)(H,27,29,32). The van der Waals surface area contributed by atoms with Gasteiger partial charge in [0.25, 0.3) is 5.91 Å². The van der Waals surface area contributed by atoms with E-state index in [4.69, 9.17) is 0 Å². The van der Waals surface area contributed by atoms with Crippen LogP contribution in [0.25, 0.3) is 0 Å². The Labute approximate surface area is 194 Å². The number of hydrogen-bond acceptors (Lipinski definition) is 5. The van der Waals surface area contributed by atoms with Crippen LogP contribution in [0.1, 0.15) is 61.0 Å². The van der Waals surface area contributed by atoms with Crippen LogP contribution in [-0.2, 0) is 16.0 Å². The minimum absolute atomic E-state index is 0.0216. The van der Waals surface area contributed by atoms with Gasteiger partial charge in [-0.25, -0.2) is 9.97 Å². The second-order valence-corrected chi connectivity index (χ2v) is 8.84. The zero-order valence-electron chi connectivity index (χ0n) is 18.8. The van der Waals surface area contributed by atoms with Crippen LogP contribution in [0.3, 0.4) is 0 Å². The number of anilines is 1. The van der Waals surface area contributed by atoms with Crippen molar-refractivity contribution in [2.24, 2.45) is 5.92 Å². The van der Waals surface area contributed by atoms with Gasteiger partial charge in [-0.1, -0.05) is 43.2 Å². The maximum Gasteiger partial charge on any atom is 0.273 e. The maximum absolute atomic E-state index is 12.9. The Kier molecular flexibility index (Phi) is 7.65. The van der Waals surface area contributed by atoms with Crippen molar-refractivity contribution in [3.63, 3.8) is 0 Å². The number of rotatable bonds is 7.